The average molecular weight is 300 g/mol. The highest BCUT2D eigenvalue weighted by atomic mass is 19.1. The Morgan fingerprint density at radius 3 is 2.82 bits per heavy atom. The van der Waals surface area contributed by atoms with Gasteiger partial charge in [0.15, 0.2) is 17.3 Å². The van der Waals surface area contributed by atoms with Gasteiger partial charge in [-0.05, 0) is 32.3 Å². The maximum Gasteiger partial charge on any atom is 0.174 e. The van der Waals surface area contributed by atoms with Crippen molar-refractivity contribution in [3.8, 4) is 0 Å². The number of aromatic nitrogens is 4. The molecule has 7 heteroatoms. The molecular formula is C15H17FN6. The van der Waals surface area contributed by atoms with Gasteiger partial charge in [-0.25, -0.2) is 19.4 Å². The Kier molecular flexibility index (Phi) is 3.48. The summed E-state index contributed by atoms with van der Waals surface area (Å²) in [5.74, 6) is -0.289. The minimum atomic E-state index is -0.550. The Morgan fingerprint density at radius 1 is 1.45 bits per heavy atom. The van der Waals surface area contributed by atoms with E-state index in [4.69, 9.17) is 5.73 Å². The first-order valence-corrected chi connectivity index (χ1v) is 7.05. The molecule has 1 fully saturated rings. The molecule has 0 amide bonds. The zero-order chi connectivity index (χ0) is 15.9. The lowest BCUT2D eigenvalue weighted by Gasteiger charge is -2.02. The molecule has 0 atom stereocenters. The second-order valence-electron chi connectivity index (χ2n) is 5.60. The Hall–Kier alpha value is -2.57. The fourth-order valence-electron chi connectivity index (χ4n) is 2.09. The molecule has 0 aliphatic heterocycles. The molecule has 0 aromatic carbocycles. The summed E-state index contributed by atoms with van der Waals surface area (Å²) < 4.78 is 13.7. The van der Waals surface area contributed by atoms with Crippen molar-refractivity contribution in [2.45, 2.75) is 32.6 Å². The highest BCUT2D eigenvalue weighted by Crippen LogP contribution is 2.39. The van der Waals surface area contributed by atoms with Gasteiger partial charge in [-0.1, -0.05) is 6.58 Å². The van der Waals surface area contributed by atoms with E-state index in [1.807, 2.05) is 0 Å². The number of fused-ring (bicyclic) bond motifs is 1. The van der Waals surface area contributed by atoms with Gasteiger partial charge in [0.2, 0.25) is 0 Å². The van der Waals surface area contributed by atoms with Gasteiger partial charge in [-0.15, -0.1) is 0 Å². The van der Waals surface area contributed by atoms with E-state index in [1.165, 1.54) is 0 Å². The molecule has 3 N–H and O–H groups in total. The van der Waals surface area contributed by atoms with Gasteiger partial charge in [0.25, 0.3) is 0 Å². The molecule has 1 aliphatic rings. The number of halogens is 1. The summed E-state index contributed by atoms with van der Waals surface area (Å²) in [7, 11) is 0. The lowest BCUT2D eigenvalue weighted by atomic mass is 10.2. The van der Waals surface area contributed by atoms with E-state index < -0.39 is 5.83 Å². The van der Waals surface area contributed by atoms with Gasteiger partial charge in [-0.3, -0.25) is 5.10 Å². The van der Waals surface area contributed by atoms with Crippen molar-refractivity contribution in [3.63, 3.8) is 0 Å². The highest BCUT2D eigenvalue weighted by molar-refractivity contribution is 5.99. The summed E-state index contributed by atoms with van der Waals surface area (Å²) in [6.45, 7) is 7.06. The van der Waals surface area contributed by atoms with Crippen molar-refractivity contribution in [1.29, 1.82) is 0 Å². The van der Waals surface area contributed by atoms with Crippen molar-refractivity contribution in [2.75, 3.05) is 0 Å². The summed E-state index contributed by atoms with van der Waals surface area (Å²) in [4.78, 5) is 12.9. The normalized spacial score (nSPS) is 15.1. The van der Waals surface area contributed by atoms with Gasteiger partial charge in [0, 0.05) is 5.92 Å². The highest BCUT2D eigenvalue weighted by Gasteiger charge is 2.26. The van der Waals surface area contributed by atoms with E-state index in [1.54, 1.807) is 20.0 Å². The van der Waals surface area contributed by atoms with Crippen LogP contribution in [-0.4, -0.2) is 26.0 Å². The van der Waals surface area contributed by atoms with Crippen LogP contribution in [0.1, 0.15) is 44.0 Å². The van der Waals surface area contributed by atoms with Crippen LogP contribution >= 0.6 is 0 Å². The molecule has 114 valence electrons. The largest absolute Gasteiger partial charge is 0.381 e. The second-order valence-corrected chi connectivity index (χ2v) is 5.60. The van der Waals surface area contributed by atoms with Gasteiger partial charge < -0.3 is 5.73 Å². The number of H-pyrrole nitrogens is 1. The van der Waals surface area contributed by atoms with Crippen molar-refractivity contribution in [3.05, 3.63) is 35.6 Å². The van der Waals surface area contributed by atoms with Crippen LogP contribution in [0.5, 0.6) is 0 Å². The summed E-state index contributed by atoms with van der Waals surface area (Å²) in [6.07, 6.45) is 4.02. The molecule has 0 saturated heterocycles. The Labute approximate surface area is 127 Å². The Morgan fingerprint density at radius 2 is 2.18 bits per heavy atom. The van der Waals surface area contributed by atoms with Crippen molar-refractivity contribution < 1.29 is 4.39 Å². The summed E-state index contributed by atoms with van der Waals surface area (Å²) in [5.41, 5.74) is 8.87. The molecule has 2 aromatic rings. The number of aliphatic imine (C=N–C) groups is 1. The van der Waals surface area contributed by atoms with Crippen molar-refractivity contribution in [1.82, 2.24) is 20.2 Å². The van der Waals surface area contributed by atoms with Crippen LogP contribution in [0.3, 0.4) is 0 Å². The first kappa shape index (κ1) is 14.4. The number of amidine groups is 1. The maximum atomic E-state index is 13.7. The predicted octanol–water partition coefficient (Wildman–Crippen LogP) is 2.82. The SMILES string of the molecule is C=C(/N=C(/N)C(F)=C(C)C)c1n[nH]c2ncc(C3CC3)nc12. The molecule has 3 rings (SSSR count). The lowest BCUT2D eigenvalue weighted by molar-refractivity contribution is 0.667. The van der Waals surface area contributed by atoms with E-state index in [2.05, 4.69) is 31.7 Å². The maximum absolute atomic E-state index is 13.7. The number of nitrogens with one attached hydrogen (secondary N) is 1. The molecule has 0 radical (unpaired) electrons. The topological polar surface area (TPSA) is 92.8 Å². The molecular weight excluding hydrogens is 283 g/mol. The second kappa shape index (κ2) is 5.32. The van der Waals surface area contributed by atoms with E-state index >= 15 is 0 Å². The Bertz CT molecular complexity index is 809. The number of aromatic amines is 1. The van der Waals surface area contributed by atoms with Crippen LogP contribution in [0.4, 0.5) is 4.39 Å². The van der Waals surface area contributed by atoms with Crippen molar-refractivity contribution >= 4 is 22.7 Å². The van der Waals surface area contributed by atoms with Crippen LogP contribution in [0, 0.1) is 0 Å². The molecule has 0 bridgehead atoms. The summed E-state index contributed by atoms with van der Waals surface area (Å²) in [6, 6.07) is 0. The third kappa shape index (κ3) is 2.61. The van der Waals surface area contributed by atoms with Crippen LogP contribution in [0.15, 0.2) is 29.2 Å². The Balaban J connectivity index is 1.99. The fraction of sp³-hybridized carbons (Fsp3) is 0.333. The van der Waals surface area contributed by atoms with Crippen LogP contribution < -0.4 is 5.73 Å². The third-order valence-electron chi connectivity index (χ3n) is 3.48. The summed E-state index contributed by atoms with van der Waals surface area (Å²) in [5, 5.41) is 6.90. The minimum absolute atomic E-state index is 0.215. The number of hydrogen-bond acceptors (Lipinski definition) is 4. The first-order chi connectivity index (χ1) is 10.5. The standard InChI is InChI=1S/C15H17FN6/c1-7(2)11(16)14(17)19-8(3)12-13-15(22-21-12)18-6-10(20-13)9-4-5-9/h6,9H,3-5H2,1-2H3,(H2,17,19)(H,18,21,22). The van der Waals surface area contributed by atoms with Crippen LogP contribution in [0.25, 0.3) is 16.9 Å². The zero-order valence-electron chi connectivity index (χ0n) is 12.5. The van der Waals surface area contributed by atoms with Gasteiger partial charge in [0.05, 0.1) is 17.6 Å². The fourth-order valence-corrected chi connectivity index (χ4v) is 2.09. The molecule has 0 unspecified atom stereocenters. The quantitative estimate of drug-likeness (QED) is 0.670. The predicted molar refractivity (Wildman–Crippen MR) is 83.8 cm³/mol. The average Bonchev–Trinajstić information content (AvgIpc) is 3.25. The van der Waals surface area contributed by atoms with Gasteiger partial charge >= 0.3 is 0 Å². The smallest absolute Gasteiger partial charge is 0.174 e. The monoisotopic (exact) mass is 300 g/mol. The summed E-state index contributed by atoms with van der Waals surface area (Å²) >= 11 is 0. The first-order valence-electron chi connectivity index (χ1n) is 7.05. The van der Waals surface area contributed by atoms with E-state index in [0.717, 1.165) is 18.5 Å². The van der Waals surface area contributed by atoms with Crippen LogP contribution in [-0.2, 0) is 0 Å². The molecule has 1 aliphatic carbocycles. The zero-order valence-corrected chi connectivity index (χ0v) is 12.5. The van der Waals surface area contributed by atoms with E-state index in [-0.39, 0.29) is 11.5 Å². The molecule has 2 aromatic heterocycles. The molecule has 0 spiro atoms. The number of rotatable bonds is 4. The van der Waals surface area contributed by atoms with Gasteiger partial charge in [0.1, 0.15) is 11.2 Å². The third-order valence-corrected chi connectivity index (χ3v) is 3.48. The number of nitrogens with two attached hydrogens (primary N) is 1. The molecule has 2 heterocycles. The van der Waals surface area contributed by atoms with Crippen molar-refractivity contribution in [2.24, 2.45) is 10.7 Å². The van der Waals surface area contributed by atoms with Gasteiger partial charge in [-0.2, -0.15) is 5.10 Å². The number of allylic oxidation sites excluding steroid dienone is 1. The molecule has 6 nitrogen and oxygen atoms in total. The lowest BCUT2D eigenvalue weighted by Crippen LogP contribution is -2.13. The molecule has 1 saturated carbocycles. The molecule has 22 heavy (non-hydrogen) atoms. The van der Waals surface area contributed by atoms with E-state index in [9.17, 15) is 4.39 Å². The van der Waals surface area contributed by atoms with Crippen LogP contribution in [0.2, 0.25) is 0 Å². The number of nitrogens with zero attached hydrogens (tertiary/aromatic N) is 4. The number of hydrogen-bond donors (Lipinski definition) is 2. The minimum Gasteiger partial charge on any atom is -0.381 e. The van der Waals surface area contributed by atoms with E-state index in [0.29, 0.717) is 28.3 Å².